The second kappa shape index (κ2) is 33.2. The lowest BCUT2D eigenvalue weighted by molar-refractivity contribution is 0.0623. The van der Waals surface area contributed by atoms with Crippen molar-refractivity contribution in [3.63, 3.8) is 0 Å². The van der Waals surface area contributed by atoms with E-state index >= 15 is 0 Å². The van der Waals surface area contributed by atoms with Gasteiger partial charge in [0.25, 0.3) is 11.8 Å². The Labute approximate surface area is 275 Å². The summed E-state index contributed by atoms with van der Waals surface area (Å²) in [5, 5.41) is 0. The van der Waals surface area contributed by atoms with E-state index in [2.05, 4.69) is 39.5 Å². The Kier molecular flexibility index (Phi) is 36.1. The maximum Gasteiger partial charge on any atom is 0.261 e. The fourth-order valence-electron chi connectivity index (χ4n) is 2.84. The number of hydrogen-bond acceptors (Lipinski definition) is 6. The minimum atomic E-state index is -0.435. The number of hydrogen-bond donors (Lipinski definition) is 0. The van der Waals surface area contributed by atoms with Gasteiger partial charge < -0.3 is 0 Å². The lowest BCUT2D eigenvalue weighted by Crippen LogP contribution is -2.35. The highest BCUT2D eigenvalue weighted by atomic mass is 127. The van der Waals surface area contributed by atoms with Crippen molar-refractivity contribution in [1.82, 2.24) is 14.9 Å². The lowest BCUT2D eigenvalue weighted by atomic mass is 10.1. The number of rotatable bonds is 5. The zero-order chi connectivity index (χ0) is 34.2. The molecular formula is C35H54IN3O4. The molecule has 0 N–H and O–H groups in total. The molecule has 1 aliphatic rings. The first-order valence-electron chi connectivity index (χ1n) is 15.3. The molecule has 0 fully saturated rings. The van der Waals surface area contributed by atoms with Crippen molar-refractivity contribution in [3.8, 4) is 0 Å². The number of halogens is 1. The average Bonchev–Trinajstić information content (AvgIpc) is 3.35. The van der Waals surface area contributed by atoms with Crippen molar-refractivity contribution < 1.29 is 19.2 Å². The second-order valence-corrected chi connectivity index (χ2v) is 8.16. The normalized spacial score (nSPS) is 9.56. The minimum Gasteiger partial charge on any atom is -0.292 e. The van der Waals surface area contributed by atoms with Crippen molar-refractivity contribution in [2.45, 2.75) is 89.5 Å². The summed E-state index contributed by atoms with van der Waals surface area (Å²) < 4.78 is 1.22. The molecule has 43 heavy (non-hydrogen) atoms. The van der Waals surface area contributed by atoms with Gasteiger partial charge in [-0.3, -0.25) is 34.0 Å². The van der Waals surface area contributed by atoms with Crippen molar-refractivity contribution in [2.24, 2.45) is 0 Å². The van der Waals surface area contributed by atoms with Crippen LogP contribution < -0.4 is 0 Å². The molecule has 1 aliphatic heterocycles. The molecule has 1 aromatic carbocycles. The lowest BCUT2D eigenvalue weighted by Gasteiger charge is -2.12. The van der Waals surface area contributed by atoms with E-state index in [-0.39, 0.29) is 23.8 Å². The van der Waals surface area contributed by atoms with Crippen LogP contribution in [-0.4, -0.2) is 49.2 Å². The maximum absolute atomic E-state index is 12.1. The van der Waals surface area contributed by atoms with Crippen molar-refractivity contribution >= 4 is 46.0 Å². The third kappa shape index (κ3) is 18.1. The van der Waals surface area contributed by atoms with E-state index in [9.17, 15) is 19.2 Å². The first-order valence-corrected chi connectivity index (χ1v) is 16.9. The van der Waals surface area contributed by atoms with Crippen LogP contribution in [0.15, 0.2) is 73.1 Å². The summed E-state index contributed by atoms with van der Waals surface area (Å²) in [6, 6.07) is 16.8. The van der Waals surface area contributed by atoms with Crippen molar-refractivity contribution in [3.05, 3.63) is 95.6 Å². The largest absolute Gasteiger partial charge is 0.292 e. The summed E-state index contributed by atoms with van der Waals surface area (Å²) in [5.74, 6) is -1.13. The molecule has 0 atom stereocenters. The number of aromatic nitrogens is 2. The highest BCUT2D eigenvalue weighted by Crippen LogP contribution is 2.22. The zero-order valence-corrected chi connectivity index (χ0v) is 30.6. The van der Waals surface area contributed by atoms with E-state index in [1.54, 1.807) is 60.8 Å². The molecule has 4 rings (SSSR count). The predicted molar refractivity (Wildman–Crippen MR) is 191 cm³/mol. The van der Waals surface area contributed by atoms with E-state index in [0.29, 0.717) is 23.2 Å². The van der Waals surface area contributed by atoms with Gasteiger partial charge in [-0.05, 0) is 40.8 Å². The van der Waals surface area contributed by atoms with Gasteiger partial charge in [0.05, 0.1) is 17.7 Å². The van der Waals surface area contributed by atoms with Crippen molar-refractivity contribution in [2.75, 3.05) is 11.0 Å². The van der Waals surface area contributed by atoms with Crippen LogP contribution >= 0.6 is 22.6 Å². The summed E-state index contributed by atoms with van der Waals surface area (Å²) in [6.45, 7) is 23.7. The number of amides is 2. The van der Waals surface area contributed by atoms with Crippen LogP contribution in [0, 0.1) is 0 Å². The van der Waals surface area contributed by atoms with Gasteiger partial charge in [-0.1, -0.05) is 130 Å². The average molecular weight is 708 g/mol. The first kappa shape index (κ1) is 46.7. The number of Topliss-reactive ketones (excluding diaryl/α,β-unsaturated/α-hetero) is 2. The molecule has 3 heterocycles. The molecule has 2 amide bonds. The molecular weight excluding hydrogens is 653 g/mol. The number of imide groups is 1. The SMILES string of the molecule is CC.CC.CC.CC.CC.CCC(=O)c1ccccn1.CCI.O=C(CN1C(=O)c2ccccc2C1=O)c1ccccn1. The van der Waals surface area contributed by atoms with Gasteiger partial charge in [-0.15, -0.1) is 0 Å². The monoisotopic (exact) mass is 707 g/mol. The fourth-order valence-corrected chi connectivity index (χ4v) is 2.84. The van der Waals surface area contributed by atoms with E-state index in [4.69, 9.17) is 0 Å². The summed E-state index contributed by atoms with van der Waals surface area (Å²) >= 11 is 2.29. The third-order valence-electron chi connectivity index (χ3n) is 4.40. The fraction of sp³-hybridized carbons (Fsp3) is 0.429. The number of fused-ring (bicyclic) bond motifs is 1. The van der Waals surface area contributed by atoms with Crippen molar-refractivity contribution in [1.29, 1.82) is 0 Å². The Morgan fingerprint density at radius 3 is 1.23 bits per heavy atom. The van der Waals surface area contributed by atoms with E-state index in [1.165, 1.54) is 10.6 Å². The number of pyridine rings is 2. The Morgan fingerprint density at radius 2 is 0.930 bits per heavy atom. The van der Waals surface area contributed by atoms with Crippen LogP contribution in [0.3, 0.4) is 0 Å². The zero-order valence-electron chi connectivity index (χ0n) is 28.4. The third-order valence-corrected chi connectivity index (χ3v) is 4.40. The summed E-state index contributed by atoms with van der Waals surface area (Å²) in [4.78, 5) is 56.0. The molecule has 7 nitrogen and oxygen atoms in total. The van der Waals surface area contributed by atoms with Gasteiger partial charge in [0.1, 0.15) is 11.4 Å². The van der Waals surface area contributed by atoms with Crippen LogP contribution in [0.25, 0.3) is 0 Å². The van der Waals surface area contributed by atoms with Crippen LogP contribution in [0.4, 0.5) is 0 Å². The van der Waals surface area contributed by atoms with Gasteiger partial charge in [-0.25, -0.2) is 0 Å². The molecule has 240 valence electrons. The van der Waals surface area contributed by atoms with Crippen LogP contribution in [0.1, 0.15) is 131 Å². The Bertz CT molecular complexity index is 1070. The molecule has 8 heteroatoms. The summed E-state index contributed by atoms with van der Waals surface area (Å²) in [7, 11) is 0. The molecule has 0 unspecified atom stereocenters. The summed E-state index contributed by atoms with van der Waals surface area (Å²) in [5.41, 5.74) is 1.48. The number of carbonyl (C=O) groups excluding carboxylic acids is 4. The predicted octanol–water partition coefficient (Wildman–Crippen LogP) is 9.81. The summed E-state index contributed by atoms with van der Waals surface area (Å²) in [6.07, 6.45) is 3.65. The second-order valence-electron chi connectivity index (χ2n) is 6.64. The highest BCUT2D eigenvalue weighted by Gasteiger charge is 2.36. The van der Waals surface area contributed by atoms with E-state index < -0.39 is 11.8 Å². The molecule has 3 aromatic rings. The molecule has 0 saturated heterocycles. The molecule has 0 saturated carbocycles. The minimum absolute atomic E-state index is 0.0978. The Balaban J connectivity index is -0.000000279. The van der Waals surface area contributed by atoms with Gasteiger partial charge in [-0.2, -0.15) is 0 Å². The molecule has 0 radical (unpaired) electrons. The first-order chi connectivity index (χ1) is 20.9. The van der Waals surface area contributed by atoms with E-state index in [1.807, 2.05) is 82.2 Å². The molecule has 0 spiro atoms. The Hall–Kier alpha value is -3.27. The number of nitrogens with zero attached hydrogens (tertiary/aromatic N) is 3. The van der Waals surface area contributed by atoms with Crippen LogP contribution in [-0.2, 0) is 0 Å². The van der Waals surface area contributed by atoms with Gasteiger partial charge in [0.15, 0.2) is 5.78 Å². The quantitative estimate of drug-likeness (QED) is 0.113. The highest BCUT2D eigenvalue weighted by molar-refractivity contribution is 14.1. The topological polar surface area (TPSA) is 97.3 Å². The smallest absolute Gasteiger partial charge is 0.261 e. The number of carbonyl (C=O) groups is 4. The molecule has 2 aromatic heterocycles. The number of ketones is 2. The van der Waals surface area contributed by atoms with Gasteiger partial charge in [0.2, 0.25) is 5.78 Å². The van der Waals surface area contributed by atoms with Crippen LogP contribution in [0.5, 0.6) is 0 Å². The maximum atomic E-state index is 12.1. The molecule has 0 aliphatic carbocycles. The van der Waals surface area contributed by atoms with E-state index in [0.717, 1.165) is 4.90 Å². The number of alkyl halides is 1. The van der Waals surface area contributed by atoms with Gasteiger partial charge in [0, 0.05) is 18.8 Å². The molecule has 0 bridgehead atoms. The van der Waals surface area contributed by atoms with Gasteiger partial charge >= 0.3 is 0 Å². The number of benzene rings is 1. The Morgan fingerprint density at radius 1 is 0.605 bits per heavy atom. The van der Waals surface area contributed by atoms with Crippen LogP contribution in [0.2, 0.25) is 0 Å². The standard InChI is InChI=1S/C15H10N2O3.C8H9NO.C2H5I.5C2H6/c18-13(12-7-3-4-8-16-12)9-17-14(19)10-5-1-2-6-11(10)15(17)20;1-2-8(10)7-5-3-4-6-9-7;1-2-3;5*1-2/h1-8H,9H2;3-6H,2H2,1H3;2H2,1H3;5*1-2H3.